The normalized spacial score (nSPS) is 11.2. The van der Waals surface area contributed by atoms with Crippen molar-refractivity contribution in [3.63, 3.8) is 0 Å². The fourth-order valence-corrected chi connectivity index (χ4v) is 5.04. The van der Waals surface area contributed by atoms with Crippen LogP contribution in [0.3, 0.4) is 0 Å². The molecule has 0 aliphatic heterocycles. The number of hydrogen-bond acceptors (Lipinski definition) is 4. The van der Waals surface area contributed by atoms with Crippen molar-refractivity contribution in [3.8, 4) is 0 Å². The summed E-state index contributed by atoms with van der Waals surface area (Å²) in [5.41, 5.74) is 1.96. The van der Waals surface area contributed by atoms with Crippen LogP contribution in [0, 0.1) is 0 Å². The Bertz CT molecular complexity index is 1170. The molecule has 1 N–H and O–H groups in total. The number of carbonyl (C=O) groups excluding carboxylic acids is 1. The molecule has 3 rings (SSSR count). The molecule has 0 radical (unpaired) electrons. The lowest BCUT2D eigenvalue weighted by molar-refractivity contribution is -0.114. The number of nitrogens with one attached hydrogen (secondary N) is 1. The van der Waals surface area contributed by atoms with Crippen molar-refractivity contribution >= 4 is 62.3 Å². The van der Waals surface area contributed by atoms with Gasteiger partial charge in [0.05, 0.1) is 22.7 Å². The van der Waals surface area contributed by atoms with Gasteiger partial charge in [-0.1, -0.05) is 59.6 Å². The number of halogens is 2. The van der Waals surface area contributed by atoms with Gasteiger partial charge in [-0.05, 0) is 42.0 Å². The number of sulfonamides is 1. The zero-order chi connectivity index (χ0) is 22.4. The third-order valence-electron chi connectivity index (χ3n) is 4.28. The Balaban J connectivity index is 1.74. The van der Waals surface area contributed by atoms with Crippen LogP contribution >= 0.6 is 35.0 Å². The van der Waals surface area contributed by atoms with E-state index in [2.05, 4.69) is 5.32 Å². The molecule has 0 aliphatic rings. The number of benzene rings is 3. The van der Waals surface area contributed by atoms with Gasteiger partial charge in [-0.2, -0.15) is 0 Å². The van der Waals surface area contributed by atoms with E-state index in [9.17, 15) is 13.2 Å². The van der Waals surface area contributed by atoms with E-state index < -0.39 is 22.5 Å². The van der Waals surface area contributed by atoms with E-state index in [1.165, 1.54) is 0 Å². The van der Waals surface area contributed by atoms with E-state index in [0.717, 1.165) is 21.0 Å². The zero-order valence-electron chi connectivity index (χ0n) is 16.6. The van der Waals surface area contributed by atoms with Gasteiger partial charge in [0.25, 0.3) is 0 Å². The van der Waals surface area contributed by atoms with Gasteiger partial charge in [0, 0.05) is 15.7 Å². The van der Waals surface area contributed by atoms with Crippen molar-refractivity contribution in [1.29, 1.82) is 0 Å². The van der Waals surface area contributed by atoms with E-state index in [1.54, 1.807) is 42.1 Å². The van der Waals surface area contributed by atoms with E-state index in [1.807, 2.05) is 42.5 Å². The monoisotopic (exact) mass is 494 g/mol. The highest BCUT2D eigenvalue weighted by Gasteiger charge is 2.23. The molecule has 0 atom stereocenters. The van der Waals surface area contributed by atoms with Gasteiger partial charge in [-0.15, -0.1) is 11.8 Å². The number of carbonyl (C=O) groups is 1. The Hall–Kier alpha value is -2.19. The zero-order valence-corrected chi connectivity index (χ0v) is 19.7. The molecule has 0 aromatic heterocycles. The van der Waals surface area contributed by atoms with E-state index in [0.29, 0.717) is 16.5 Å². The second-order valence-electron chi connectivity index (χ2n) is 6.68. The lowest BCUT2D eigenvalue weighted by atomic mass is 10.2. The third-order valence-corrected chi connectivity index (χ3v) is 7.12. The van der Waals surface area contributed by atoms with Crippen molar-refractivity contribution in [3.05, 3.63) is 88.4 Å². The van der Waals surface area contributed by atoms with Gasteiger partial charge in [-0.25, -0.2) is 8.42 Å². The molecule has 0 fully saturated rings. The number of hydrogen-bond donors (Lipinski definition) is 1. The molecule has 1 amide bonds. The topological polar surface area (TPSA) is 66.5 Å². The maximum atomic E-state index is 12.7. The SMILES string of the molecule is CS(=O)(=O)N(CC(=O)Nc1ccccc1SCc1ccc(Cl)cc1)c1ccccc1Cl. The van der Waals surface area contributed by atoms with Crippen LogP contribution in [0.2, 0.25) is 10.0 Å². The Labute approximate surface area is 196 Å². The van der Waals surface area contributed by atoms with Crippen LogP contribution < -0.4 is 9.62 Å². The number of amides is 1. The van der Waals surface area contributed by atoms with E-state index >= 15 is 0 Å². The molecule has 3 aromatic carbocycles. The lowest BCUT2D eigenvalue weighted by Crippen LogP contribution is -2.37. The predicted octanol–water partition coefficient (Wildman–Crippen LogP) is 5.69. The number of thioether (sulfide) groups is 1. The van der Waals surface area contributed by atoms with Gasteiger partial charge in [0.1, 0.15) is 6.54 Å². The van der Waals surface area contributed by atoms with Crippen molar-refractivity contribution in [2.45, 2.75) is 10.6 Å². The largest absolute Gasteiger partial charge is 0.323 e. The molecule has 5 nitrogen and oxygen atoms in total. The van der Waals surface area contributed by atoms with Crippen LogP contribution in [-0.2, 0) is 20.6 Å². The molecule has 0 aliphatic carbocycles. The molecule has 0 saturated heterocycles. The van der Waals surface area contributed by atoms with Crippen molar-refractivity contribution in [1.82, 2.24) is 0 Å². The van der Waals surface area contributed by atoms with Gasteiger partial charge < -0.3 is 5.32 Å². The van der Waals surface area contributed by atoms with Gasteiger partial charge in [0.2, 0.25) is 15.9 Å². The number of anilines is 2. The standard InChI is InChI=1S/C22H20Cl2N2O3S2/c1-31(28,29)26(20-8-4-2-6-18(20)24)14-22(27)25-19-7-3-5-9-21(19)30-15-16-10-12-17(23)13-11-16/h2-13H,14-15H2,1H3,(H,25,27). The molecule has 0 unspecified atom stereocenters. The minimum atomic E-state index is -3.72. The molecule has 0 saturated carbocycles. The van der Waals surface area contributed by atoms with Crippen LogP contribution in [0.1, 0.15) is 5.56 Å². The maximum absolute atomic E-state index is 12.7. The second-order valence-corrected chi connectivity index (χ2v) is 10.4. The summed E-state index contributed by atoms with van der Waals surface area (Å²) in [6.45, 7) is -0.390. The average molecular weight is 495 g/mol. The van der Waals surface area contributed by atoms with Crippen LogP contribution in [0.15, 0.2) is 77.7 Å². The van der Waals surface area contributed by atoms with Crippen molar-refractivity contribution in [2.75, 3.05) is 22.4 Å². The number of nitrogens with zero attached hydrogens (tertiary/aromatic N) is 1. The minimum absolute atomic E-state index is 0.250. The molecule has 0 bridgehead atoms. The summed E-state index contributed by atoms with van der Waals surface area (Å²) in [7, 11) is -3.72. The van der Waals surface area contributed by atoms with Crippen molar-refractivity contribution < 1.29 is 13.2 Å². The molecule has 0 spiro atoms. The molecule has 0 heterocycles. The van der Waals surface area contributed by atoms with Gasteiger partial charge >= 0.3 is 0 Å². The minimum Gasteiger partial charge on any atom is -0.323 e. The summed E-state index contributed by atoms with van der Waals surface area (Å²) < 4.78 is 25.6. The molecule has 162 valence electrons. The van der Waals surface area contributed by atoms with Crippen LogP contribution in [-0.4, -0.2) is 27.1 Å². The summed E-state index contributed by atoms with van der Waals surface area (Å²) >= 11 is 13.6. The summed E-state index contributed by atoms with van der Waals surface area (Å²) in [6.07, 6.45) is 1.04. The third kappa shape index (κ3) is 6.64. The number of para-hydroxylation sites is 2. The highest BCUT2D eigenvalue weighted by Crippen LogP contribution is 2.31. The highest BCUT2D eigenvalue weighted by atomic mass is 35.5. The first kappa shape index (κ1) is 23.5. The Morgan fingerprint density at radius 1 is 0.968 bits per heavy atom. The second kappa shape index (κ2) is 10.4. The van der Waals surface area contributed by atoms with Crippen LogP contribution in [0.4, 0.5) is 11.4 Å². The predicted molar refractivity (Wildman–Crippen MR) is 130 cm³/mol. The molecular weight excluding hydrogens is 475 g/mol. The Morgan fingerprint density at radius 3 is 2.29 bits per heavy atom. The highest BCUT2D eigenvalue weighted by molar-refractivity contribution is 7.98. The summed E-state index contributed by atoms with van der Waals surface area (Å²) in [5, 5.41) is 3.74. The summed E-state index contributed by atoms with van der Waals surface area (Å²) in [4.78, 5) is 13.6. The lowest BCUT2D eigenvalue weighted by Gasteiger charge is -2.23. The van der Waals surface area contributed by atoms with E-state index in [4.69, 9.17) is 23.2 Å². The fourth-order valence-electron chi connectivity index (χ4n) is 2.79. The first-order valence-corrected chi connectivity index (χ1v) is 12.8. The molecule has 9 heteroatoms. The first-order chi connectivity index (χ1) is 14.7. The van der Waals surface area contributed by atoms with Crippen molar-refractivity contribution in [2.24, 2.45) is 0 Å². The van der Waals surface area contributed by atoms with E-state index in [-0.39, 0.29) is 10.7 Å². The Morgan fingerprint density at radius 2 is 1.61 bits per heavy atom. The molecular formula is C22H20Cl2N2O3S2. The summed E-state index contributed by atoms with van der Waals surface area (Å²) in [6, 6.07) is 21.4. The Kier molecular flexibility index (Phi) is 7.89. The smallest absolute Gasteiger partial charge is 0.245 e. The van der Waals surface area contributed by atoms with Crippen LogP contribution in [0.5, 0.6) is 0 Å². The molecule has 31 heavy (non-hydrogen) atoms. The van der Waals surface area contributed by atoms with Crippen LogP contribution in [0.25, 0.3) is 0 Å². The average Bonchev–Trinajstić information content (AvgIpc) is 2.72. The quantitative estimate of drug-likeness (QED) is 0.408. The first-order valence-electron chi connectivity index (χ1n) is 9.22. The van der Waals surface area contributed by atoms with Gasteiger partial charge in [-0.3, -0.25) is 9.10 Å². The summed E-state index contributed by atoms with van der Waals surface area (Å²) in [5.74, 6) is 0.226. The fraction of sp³-hybridized carbons (Fsp3) is 0.136. The van der Waals surface area contributed by atoms with Gasteiger partial charge in [0.15, 0.2) is 0 Å². The number of rotatable bonds is 8. The maximum Gasteiger partial charge on any atom is 0.245 e. The molecule has 3 aromatic rings.